The fourth-order valence-corrected chi connectivity index (χ4v) is 6.58. The second-order valence-electron chi connectivity index (χ2n) is 11.7. The van der Waals surface area contributed by atoms with E-state index in [2.05, 4.69) is 55.9 Å². The second kappa shape index (κ2) is 9.38. The van der Waals surface area contributed by atoms with E-state index < -0.39 is 13.7 Å². The lowest BCUT2D eigenvalue weighted by Crippen LogP contribution is -2.40. The number of ether oxygens (including phenoxy) is 1. The van der Waals surface area contributed by atoms with E-state index in [9.17, 15) is 4.79 Å². The van der Waals surface area contributed by atoms with Crippen molar-refractivity contribution in [3.05, 3.63) is 40.8 Å². The highest BCUT2D eigenvalue weighted by atomic mass is 35.5. The van der Waals surface area contributed by atoms with Crippen molar-refractivity contribution in [1.82, 2.24) is 9.97 Å². The Morgan fingerprint density at radius 3 is 2.28 bits per heavy atom. The molecule has 2 aliphatic heterocycles. The van der Waals surface area contributed by atoms with Crippen LogP contribution in [0.15, 0.2) is 24.3 Å². The molecule has 1 spiro atoms. The van der Waals surface area contributed by atoms with E-state index in [0.717, 1.165) is 68.9 Å². The number of nitrogens with zero attached hydrogens (tertiary/aromatic N) is 4. The Labute approximate surface area is 220 Å². The van der Waals surface area contributed by atoms with Gasteiger partial charge in [-0.2, -0.15) is 0 Å². The van der Waals surface area contributed by atoms with Crippen LogP contribution in [0, 0.1) is 0 Å². The Hall–Kier alpha value is -2.00. The SMILES string of the molecule is CC(C)(C)[Si](C)(C)OCc1nc(Cl)c2c(n1)N(c1ccc(N3CCOCC3)cc1)C(=O)C21CCCC1. The molecule has 0 bridgehead atoms. The Kier molecular flexibility index (Phi) is 6.68. The van der Waals surface area contributed by atoms with Gasteiger partial charge in [-0.05, 0) is 55.2 Å². The summed E-state index contributed by atoms with van der Waals surface area (Å²) in [5.74, 6) is 1.21. The van der Waals surface area contributed by atoms with E-state index in [-0.39, 0.29) is 17.6 Å². The highest BCUT2D eigenvalue weighted by Gasteiger charge is 2.55. The van der Waals surface area contributed by atoms with Crippen LogP contribution in [-0.4, -0.2) is 50.5 Å². The summed E-state index contributed by atoms with van der Waals surface area (Å²) in [6.07, 6.45) is 3.57. The molecule has 9 heteroatoms. The van der Waals surface area contributed by atoms with Crippen LogP contribution in [-0.2, 0) is 26.0 Å². The van der Waals surface area contributed by atoms with Gasteiger partial charge in [-0.25, -0.2) is 9.97 Å². The molecule has 1 aliphatic carbocycles. The number of hydrogen-bond acceptors (Lipinski definition) is 6. The third-order valence-electron chi connectivity index (χ3n) is 8.50. The number of amides is 1. The normalized spacial score (nSPS) is 19.9. The molecule has 5 rings (SSSR count). The van der Waals surface area contributed by atoms with Crippen LogP contribution in [0.5, 0.6) is 0 Å². The molecule has 1 aromatic carbocycles. The first kappa shape index (κ1) is 25.6. The molecule has 194 valence electrons. The summed E-state index contributed by atoms with van der Waals surface area (Å²) in [6, 6.07) is 8.19. The molecule has 2 aromatic rings. The van der Waals surface area contributed by atoms with Crippen molar-refractivity contribution in [2.45, 2.75) is 76.6 Å². The van der Waals surface area contributed by atoms with E-state index in [1.54, 1.807) is 4.90 Å². The zero-order valence-corrected chi connectivity index (χ0v) is 23.8. The zero-order valence-electron chi connectivity index (χ0n) is 22.1. The predicted molar refractivity (Wildman–Crippen MR) is 146 cm³/mol. The Morgan fingerprint density at radius 1 is 1.06 bits per heavy atom. The highest BCUT2D eigenvalue weighted by molar-refractivity contribution is 6.74. The van der Waals surface area contributed by atoms with Gasteiger partial charge in [-0.3, -0.25) is 9.69 Å². The molecule has 3 heterocycles. The highest BCUT2D eigenvalue weighted by Crippen LogP contribution is 2.54. The van der Waals surface area contributed by atoms with Gasteiger partial charge in [-0.1, -0.05) is 45.2 Å². The number of carbonyl (C=O) groups is 1. The number of carbonyl (C=O) groups excluding carboxylic acids is 1. The van der Waals surface area contributed by atoms with Gasteiger partial charge in [0.1, 0.15) is 11.0 Å². The van der Waals surface area contributed by atoms with Gasteiger partial charge in [0.25, 0.3) is 0 Å². The van der Waals surface area contributed by atoms with E-state index in [0.29, 0.717) is 16.8 Å². The van der Waals surface area contributed by atoms with Crippen LogP contribution < -0.4 is 9.80 Å². The minimum atomic E-state index is -2.00. The third-order valence-corrected chi connectivity index (χ3v) is 13.3. The Morgan fingerprint density at radius 2 is 1.67 bits per heavy atom. The summed E-state index contributed by atoms with van der Waals surface area (Å²) in [4.78, 5) is 27.7. The van der Waals surface area contributed by atoms with Crippen LogP contribution in [0.2, 0.25) is 23.3 Å². The standard InChI is InChI=1S/C27H37ClN4O3Si/c1-26(2,3)36(4,5)35-18-21-29-23(28)22-24(30-21)32(25(33)27(22)12-6-7-13-27)20-10-8-19(9-11-20)31-14-16-34-17-15-31/h8-11H,6-7,12-18H2,1-5H3. The zero-order chi connectivity index (χ0) is 25.7. The lowest BCUT2D eigenvalue weighted by atomic mass is 9.81. The van der Waals surface area contributed by atoms with Crippen LogP contribution in [0.3, 0.4) is 0 Å². The van der Waals surface area contributed by atoms with Crippen molar-refractivity contribution in [1.29, 1.82) is 0 Å². The number of aromatic nitrogens is 2. The topological polar surface area (TPSA) is 67.8 Å². The summed E-state index contributed by atoms with van der Waals surface area (Å²) >= 11 is 6.84. The van der Waals surface area contributed by atoms with E-state index in [1.165, 1.54) is 0 Å². The number of anilines is 3. The summed E-state index contributed by atoms with van der Waals surface area (Å²) in [5.41, 5.74) is 2.11. The van der Waals surface area contributed by atoms with Crippen LogP contribution in [0.1, 0.15) is 57.8 Å². The number of benzene rings is 1. The van der Waals surface area contributed by atoms with Crippen molar-refractivity contribution in [3.8, 4) is 0 Å². The van der Waals surface area contributed by atoms with Crippen LogP contribution >= 0.6 is 11.6 Å². The molecule has 7 nitrogen and oxygen atoms in total. The molecule has 0 N–H and O–H groups in total. The van der Waals surface area contributed by atoms with Crippen molar-refractivity contribution in [3.63, 3.8) is 0 Å². The molecule has 3 aliphatic rings. The molecular weight excluding hydrogens is 492 g/mol. The maximum Gasteiger partial charge on any atom is 0.243 e. The smallest absolute Gasteiger partial charge is 0.243 e. The maximum atomic E-state index is 14.0. The van der Waals surface area contributed by atoms with Gasteiger partial charge in [0.2, 0.25) is 5.91 Å². The fourth-order valence-electron chi connectivity index (χ4n) is 5.30. The molecule has 0 atom stereocenters. The van der Waals surface area contributed by atoms with Crippen molar-refractivity contribution >= 4 is 43.0 Å². The minimum Gasteiger partial charge on any atom is -0.409 e. The van der Waals surface area contributed by atoms with Gasteiger partial charge in [-0.15, -0.1) is 0 Å². The lowest BCUT2D eigenvalue weighted by Gasteiger charge is -2.35. The first-order chi connectivity index (χ1) is 17.0. The molecule has 1 saturated heterocycles. The van der Waals surface area contributed by atoms with Gasteiger partial charge in [0, 0.05) is 24.3 Å². The minimum absolute atomic E-state index is 0.0628. The number of hydrogen-bond donors (Lipinski definition) is 0. The molecule has 2 fully saturated rings. The number of halogens is 1. The van der Waals surface area contributed by atoms with E-state index >= 15 is 0 Å². The fraction of sp³-hybridized carbons (Fsp3) is 0.593. The largest absolute Gasteiger partial charge is 0.409 e. The number of morpholine rings is 1. The maximum absolute atomic E-state index is 14.0. The third kappa shape index (κ3) is 4.36. The van der Waals surface area contributed by atoms with E-state index in [1.807, 2.05) is 12.1 Å². The monoisotopic (exact) mass is 528 g/mol. The van der Waals surface area contributed by atoms with Crippen molar-refractivity contribution in [2.75, 3.05) is 36.1 Å². The van der Waals surface area contributed by atoms with Crippen LogP contribution in [0.25, 0.3) is 0 Å². The van der Waals surface area contributed by atoms with Gasteiger partial charge in [0.05, 0.1) is 30.9 Å². The Balaban J connectivity index is 1.50. The number of rotatable bonds is 5. The molecule has 1 amide bonds. The average molecular weight is 529 g/mol. The predicted octanol–water partition coefficient (Wildman–Crippen LogP) is 5.98. The first-order valence-corrected chi connectivity index (χ1v) is 16.3. The quantitative estimate of drug-likeness (QED) is 0.351. The summed E-state index contributed by atoms with van der Waals surface area (Å²) < 4.78 is 11.9. The van der Waals surface area contributed by atoms with E-state index in [4.69, 9.17) is 25.7 Å². The molecule has 1 saturated carbocycles. The van der Waals surface area contributed by atoms with Gasteiger partial charge in [0.15, 0.2) is 14.1 Å². The van der Waals surface area contributed by atoms with Crippen molar-refractivity contribution in [2.24, 2.45) is 0 Å². The number of fused-ring (bicyclic) bond motifs is 2. The van der Waals surface area contributed by atoms with Crippen molar-refractivity contribution < 1.29 is 14.0 Å². The summed E-state index contributed by atoms with van der Waals surface area (Å²) in [5, 5.41) is 0.461. The summed E-state index contributed by atoms with van der Waals surface area (Å²) in [7, 11) is -2.00. The molecule has 0 unspecified atom stereocenters. The second-order valence-corrected chi connectivity index (χ2v) is 16.9. The van der Waals surface area contributed by atoms with Gasteiger partial charge >= 0.3 is 0 Å². The van der Waals surface area contributed by atoms with Gasteiger partial charge < -0.3 is 14.1 Å². The Bertz CT molecular complexity index is 1140. The molecular formula is C27H37ClN4O3Si. The molecule has 0 radical (unpaired) electrons. The lowest BCUT2D eigenvalue weighted by molar-refractivity contribution is -0.122. The molecule has 1 aromatic heterocycles. The average Bonchev–Trinajstić information content (AvgIpc) is 3.42. The van der Waals surface area contributed by atoms with Crippen LogP contribution in [0.4, 0.5) is 17.2 Å². The molecule has 36 heavy (non-hydrogen) atoms. The first-order valence-electron chi connectivity index (χ1n) is 13.0. The summed E-state index contributed by atoms with van der Waals surface area (Å²) in [6.45, 7) is 14.5.